The van der Waals surface area contributed by atoms with E-state index < -0.39 is 6.10 Å². The van der Waals surface area contributed by atoms with Crippen LogP contribution in [0.4, 0.5) is 5.69 Å². The molecule has 2 aromatic carbocycles. The molecule has 2 N–H and O–H groups in total. The molecule has 0 spiro atoms. The van der Waals surface area contributed by atoms with Crippen LogP contribution in [0.5, 0.6) is 5.75 Å². The Balaban J connectivity index is 1.88. The van der Waals surface area contributed by atoms with E-state index in [9.17, 15) is 9.90 Å². The minimum absolute atomic E-state index is 0.0619. The fourth-order valence-electron chi connectivity index (χ4n) is 2.93. The van der Waals surface area contributed by atoms with Crippen molar-refractivity contribution in [3.63, 3.8) is 0 Å². The number of aliphatic imine (C=N–C) groups is 1. The van der Waals surface area contributed by atoms with Gasteiger partial charge >= 0.3 is 0 Å². The number of anilines is 1. The number of para-hydroxylation sites is 1. The van der Waals surface area contributed by atoms with Gasteiger partial charge in [0.1, 0.15) is 18.5 Å². The lowest BCUT2D eigenvalue weighted by Crippen LogP contribution is -2.29. The van der Waals surface area contributed by atoms with Crippen molar-refractivity contribution < 1.29 is 19.7 Å². The molecule has 1 unspecified atom stereocenters. The van der Waals surface area contributed by atoms with Crippen molar-refractivity contribution in [1.29, 1.82) is 0 Å². The zero-order chi connectivity index (χ0) is 22.4. The van der Waals surface area contributed by atoms with E-state index in [1.54, 1.807) is 29.2 Å². The molecule has 8 heteroatoms. The Hall–Kier alpha value is -2.32. The summed E-state index contributed by atoms with van der Waals surface area (Å²) in [5.74, 6) is 0.269. The quantitative estimate of drug-likeness (QED) is 0.575. The van der Waals surface area contributed by atoms with Crippen LogP contribution in [0.1, 0.15) is 24.5 Å². The standard InChI is InChI=1S/C23H25ClN2O4S/c1-3-10-25-23-26(19-7-5-4-6-15(19)2)22(29)21(31-23)12-16-8-9-20(18(24)11-16)30-14-17(28)13-27/h4-9,11-12,17,27-28H,3,10,13-14H2,1-2H3/b21-12-,25-23+. The van der Waals surface area contributed by atoms with Crippen molar-refractivity contribution in [2.75, 3.05) is 24.7 Å². The highest BCUT2D eigenvalue weighted by Gasteiger charge is 2.35. The first-order valence-electron chi connectivity index (χ1n) is 10.00. The topological polar surface area (TPSA) is 82.4 Å². The van der Waals surface area contributed by atoms with E-state index in [0.717, 1.165) is 23.2 Å². The molecule has 1 saturated heterocycles. The molecule has 1 aliphatic rings. The van der Waals surface area contributed by atoms with Gasteiger partial charge in [0.15, 0.2) is 5.17 Å². The SMILES string of the molecule is CCC/N=C1/S/C(=C\c2ccc(OCC(O)CO)c(Cl)c2)C(=O)N1c1ccccc1C. The first-order chi connectivity index (χ1) is 14.9. The van der Waals surface area contributed by atoms with Crippen molar-refractivity contribution in [3.8, 4) is 5.75 Å². The molecule has 0 saturated carbocycles. The summed E-state index contributed by atoms with van der Waals surface area (Å²) < 4.78 is 5.42. The number of amidine groups is 1. The van der Waals surface area contributed by atoms with E-state index in [4.69, 9.17) is 21.4 Å². The van der Waals surface area contributed by atoms with Gasteiger partial charge in [-0.1, -0.05) is 42.8 Å². The van der Waals surface area contributed by atoms with Crippen LogP contribution in [0.15, 0.2) is 52.4 Å². The van der Waals surface area contributed by atoms with Gasteiger partial charge in [0.05, 0.1) is 22.2 Å². The summed E-state index contributed by atoms with van der Waals surface area (Å²) in [4.78, 5) is 20.1. The van der Waals surface area contributed by atoms with Crippen LogP contribution >= 0.6 is 23.4 Å². The third kappa shape index (κ3) is 5.68. The molecule has 2 aromatic rings. The number of aliphatic hydroxyl groups is 2. The summed E-state index contributed by atoms with van der Waals surface area (Å²) in [5.41, 5.74) is 2.57. The van der Waals surface area contributed by atoms with Crippen molar-refractivity contribution >= 4 is 46.2 Å². The molecule has 0 bridgehead atoms. The molecule has 1 amide bonds. The number of ether oxygens (including phenoxy) is 1. The van der Waals surface area contributed by atoms with Crippen molar-refractivity contribution in [3.05, 3.63) is 63.5 Å². The summed E-state index contributed by atoms with van der Waals surface area (Å²) in [6.07, 6.45) is 1.70. The number of hydrogen-bond donors (Lipinski definition) is 2. The predicted octanol–water partition coefficient (Wildman–Crippen LogP) is 4.27. The summed E-state index contributed by atoms with van der Waals surface area (Å²) in [7, 11) is 0. The second-order valence-electron chi connectivity index (χ2n) is 7.04. The van der Waals surface area contributed by atoms with Crippen LogP contribution in [-0.2, 0) is 4.79 Å². The predicted molar refractivity (Wildman–Crippen MR) is 127 cm³/mol. The number of carbonyl (C=O) groups is 1. The van der Waals surface area contributed by atoms with Crippen molar-refractivity contribution in [2.45, 2.75) is 26.4 Å². The Morgan fingerprint density at radius 2 is 2.06 bits per heavy atom. The van der Waals surface area contributed by atoms with Crippen LogP contribution in [0.3, 0.4) is 0 Å². The second-order valence-corrected chi connectivity index (χ2v) is 8.46. The van der Waals surface area contributed by atoms with Gasteiger partial charge in [-0.05, 0) is 60.5 Å². The molecular weight excluding hydrogens is 436 g/mol. The third-order valence-corrected chi connectivity index (χ3v) is 5.83. The number of hydrogen-bond acceptors (Lipinski definition) is 6. The second kappa shape index (κ2) is 10.8. The molecule has 1 aliphatic heterocycles. The number of aryl methyl sites for hydroxylation is 1. The van der Waals surface area contributed by atoms with Crippen LogP contribution < -0.4 is 9.64 Å². The number of nitrogens with zero attached hydrogens (tertiary/aromatic N) is 2. The lowest BCUT2D eigenvalue weighted by molar-refractivity contribution is -0.113. The van der Waals surface area contributed by atoms with E-state index in [0.29, 0.717) is 27.4 Å². The number of rotatable bonds is 8. The fourth-order valence-corrected chi connectivity index (χ4v) is 4.17. The molecule has 0 aromatic heterocycles. The minimum atomic E-state index is -0.973. The normalized spacial score (nSPS) is 17.6. The number of amides is 1. The first-order valence-corrected chi connectivity index (χ1v) is 11.2. The van der Waals surface area contributed by atoms with Crippen LogP contribution in [0.25, 0.3) is 6.08 Å². The zero-order valence-electron chi connectivity index (χ0n) is 17.4. The Bertz CT molecular complexity index is 1010. The Morgan fingerprint density at radius 3 is 2.74 bits per heavy atom. The summed E-state index contributed by atoms with van der Waals surface area (Å²) >= 11 is 7.64. The van der Waals surface area contributed by atoms with E-state index >= 15 is 0 Å². The van der Waals surface area contributed by atoms with Crippen molar-refractivity contribution in [1.82, 2.24) is 0 Å². The maximum absolute atomic E-state index is 13.2. The lowest BCUT2D eigenvalue weighted by Gasteiger charge is -2.18. The average molecular weight is 461 g/mol. The third-order valence-electron chi connectivity index (χ3n) is 4.53. The zero-order valence-corrected chi connectivity index (χ0v) is 19.0. The number of aliphatic hydroxyl groups excluding tert-OH is 2. The smallest absolute Gasteiger partial charge is 0.271 e. The number of thioether (sulfide) groups is 1. The molecule has 0 radical (unpaired) electrons. The van der Waals surface area contributed by atoms with Crippen molar-refractivity contribution in [2.24, 2.45) is 4.99 Å². The van der Waals surface area contributed by atoms with E-state index in [1.165, 1.54) is 11.8 Å². The van der Waals surface area contributed by atoms with Gasteiger partial charge in [-0.25, -0.2) is 0 Å². The molecule has 164 valence electrons. The highest BCUT2D eigenvalue weighted by molar-refractivity contribution is 8.19. The van der Waals surface area contributed by atoms with Crippen LogP contribution in [-0.4, -0.2) is 47.2 Å². The first kappa shape index (κ1) is 23.3. The Morgan fingerprint density at radius 1 is 1.29 bits per heavy atom. The molecule has 1 atom stereocenters. The molecule has 31 heavy (non-hydrogen) atoms. The van der Waals surface area contributed by atoms with Gasteiger partial charge in [-0.15, -0.1) is 0 Å². The Kier molecular flexibility index (Phi) is 8.15. The van der Waals surface area contributed by atoms with Crippen LogP contribution in [0.2, 0.25) is 5.02 Å². The largest absolute Gasteiger partial charge is 0.489 e. The molecule has 1 heterocycles. The van der Waals surface area contributed by atoms with E-state index in [1.807, 2.05) is 38.1 Å². The summed E-state index contributed by atoms with van der Waals surface area (Å²) in [5, 5.41) is 19.3. The number of benzene rings is 2. The lowest BCUT2D eigenvalue weighted by atomic mass is 10.1. The fraction of sp³-hybridized carbons (Fsp3) is 0.304. The van der Waals surface area contributed by atoms with E-state index in [-0.39, 0.29) is 19.1 Å². The van der Waals surface area contributed by atoms with Crippen LogP contribution in [0, 0.1) is 6.92 Å². The van der Waals surface area contributed by atoms with Gasteiger partial charge in [0.25, 0.3) is 5.91 Å². The van der Waals surface area contributed by atoms with Gasteiger partial charge in [0.2, 0.25) is 0 Å². The van der Waals surface area contributed by atoms with Gasteiger partial charge < -0.3 is 14.9 Å². The summed E-state index contributed by atoms with van der Waals surface area (Å²) in [6.45, 7) is 4.21. The Labute approximate surface area is 191 Å². The number of halogens is 1. The highest BCUT2D eigenvalue weighted by atomic mass is 35.5. The number of carbonyl (C=O) groups excluding carboxylic acids is 1. The molecular formula is C23H25ClN2O4S. The molecule has 1 fully saturated rings. The molecule has 3 rings (SSSR count). The van der Waals surface area contributed by atoms with Gasteiger partial charge in [-0.2, -0.15) is 0 Å². The highest BCUT2D eigenvalue weighted by Crippen LogP contribution is 2.38. The summed E-state index contributed by atoms with van der Waals surface area (Å²) in [6, 6.07) is 12.9. The van der Waals surface area contributed by atoms with Gasteiger partial charge in [0, 0.05) is 6.54 Å². The monoisotopic (exact) mass is 460 g/mol. The van der Waals surface area contributed by atoms with E-state index in [2.05, 4.69) is 4.99 Å². The maximum atomic E-state index is 13.2. The maximum Gasteiger partial charge on any atom is 0.271 e. The average Bonchev–Trinajstić information content (AvgIpc) is 3.06. The molecule has 0 aliphatic carbocycles. The van der Waals surface area contributed by atoms with Gasteiger partial charge in [-0.3, -0.25) is 14.7 Å². The molecule has 6 nitrogen and oxygen atoms in total. The minimum Gasteiger partial charge on any atom is -0.489 e.